The Morgan fingerprint density at radius 1 is 0.975 bits per heavy atom. The number of amides is 1. The molecule has 1 aliphatic rings. The van der Waals surface area contributed by atoms with Crippen molar-refractivity contribution in [1.82, 2.24) is 14.4 Å². The first kappa shape index (κ1) is 29.9. The molecule has 40 heavy (non-hydrogen) atoms. The van der Waals surface area contributed by atoms with E-state index in [-0.39, 0.29) is 24.9 Å². The zero-order valence-electron chi connectivity index (χ0n) is 24.0. The van der Waals surface area contributed by atoms with Crippen molar-refractivity contribution in [2.75, 3.05) is 40.3 Å². The molecule has 3 aromatic carbocycles. The monoisotopic (exact) mass is 563 g/mol. The summed E-state index contributed by atoms with van der Waals surface area (Å²) >= 11 is 0. The van der Waals surface area contributed by atoms with Gasteiger partial charge in [-0.05, 0) is 72.3 Å². The van der Waals surface area contributed by atoms with Crippen molar-refractivity contribution in [3.8, 4) is 5.75 Å². The number of aromatic nitrogens is 1. The quantitative estimate of drug-likeness (QED) is 0.264. The fourth-order valence-electron chi connectivity index (χ4n) is 5.80. The summed E-state index contributed by atoms with van der Waals surface area (Å²) < 4.78 is 8.24. The Labute approximate surface area is 243 Å². The lowest BCUT2D eigenvalue weighted by Crippen LogP contribution is -2.40. The number of rotatable bonds is 9. The van der Waals surface area contributed by atoms with Crippen LogP contribution in [0, 0.1) is 5.92 Å². The lowest BCUT2D eigenvalue weighted by atomic mass is 9.88. The van der Waals surface area contributed by atoms with Crippen molar-refractivity contribution in [2.24, 2.45) is 5.92 Å². The molecule has 1 atom stereocenters. The molecule has 1 N–H and O–H groups in total. The van der Waals surface area contributed by atoms with Gasteiger partial charge in [0.1, 0.15) is 24.2 Å². The molecule has 1 amide bonds. The van der Waals surface area contributed by atoms with Crippen LogP contribution in [0.3, 0.4) is 0 Å². The first-order chi connectivity index (χ1) is 18.8. The lowest BCUT2D eigenvalue weighted by molar-refractivity contribution is 0.0599. The molecule has 1 aromatic heterocycles. The Balaban J connectivity index is 0.00000370. The number of benzene rings is 3. The van der Waals surface area contributed by atoms with Gasteiger partial charge in [0.15, 0.2) is 0 Å². The maximum absolute atomic E-state index is 12.9. The Kier molecular flexibility index (Phi) is 9.77. The first-order valence-electron chi connectivity index (χ1n) is 14.2. The van der Waals surface area contributed by atoms with Gasteiger partial charge in [0.25, 0.3) is 5.91 Å². The summed E-state index contributed by atoms with van der Waals surface area (Å²) in [5.74, 6) is 1.64. The summed E-state index contributed by atoms with van der Waals surface area (Å²) in [5.41, 5.74) is 3.06. The van der Waals surface area contributed by atoms with Crippen molar-refractivity contribution in [2.45, 2.75) is 45.3 Å². The highest BCUT2D eigenvalue weighted by Gasteiger charge is 2.24. The van der Waals surface area contributed by atoms with Gasteiger partial charge in [0.2, 0.25) is 0 Å². The number of carbonyl (C=O) groups is 1. The number of fused-ring (bicyclic) bond motifs is 2. The molecule has 0 bridgehead atoms. The van der Waals surface area contributed by atoms with Crippen LogP contribution in [-0.2, 0) is 6.54 Å². The second-order valence-corrected chi connectivity index (χ2v) is 11.6. The van der Waals surface area contributed by atoms with E-state index < -0.39 is 6.10 Å². The maximum atomic E-state index is 12.9. The van der Waals surface area contributed by atoms with Crippen LogP contribution in [0.1, 0.15) is 48.7 Å². The van der Waals surface area contributed by atoms with Crippen molar-refractivity contribution in [1.29, 1.82) is 0 Å². The number of carbonyl (C=O) groups excluding carboxylic acids is 1. The van der Waals surface area contributed by atoms with E-state index in [9.17, 15) is 9.90 Å². The Morgan fingerprint density at radius 3 is 2.40 bits per heavy atom. The second-order valence-electron chi connectivity index (χ2n) is 11.6. The van der Waals surface area contributed by atoms with Gasteiger partial charge in [-0.2, -0.15) is 0 Å². The van der Waals surface area contributed by atoms with Crippen LogP contribution >= 0.6 is 12.4 Å². The zero-order valence-corrected chi connectivity index (χ0v) is 24.9. The normalized spacial score (nSPS) is 15.3. The van der Waals surface area contributed by atoms with E-state index in [2.05, 4.69) is 65.8 Å². The van der Waals surface area contributed by atoms with Crippen LogP contribution in [-0.4, -0.2) is 71.8 Å². The largest absolute Gasteiger partial charge is 0.490 e. The zero-order chi connectivity index (χ0) is 27.5. The molecule has 7 heteroatoms. The third-order valence-corrected chi connectivity index (χ3v) is 7.81. The number of halogens is 1. The second kappa shape index (κ2) is 13.1. The van der Waals surface area contributed by atoms with Gasteiger partial charge in [-0.25, -0.2) is 0 Å². The number of hydrogen-bond acceptors (Lipinski definition) is 4. The van der Waals surface area contributed by atoms with Gasteiger partial charge in [-0.15, -0.1) is 12.4 Å². The van der Waals surface area contributed by atoms with Gasteiger partial charge in [0, 0.05) is 32.6 Å². The number of nitrogens with zero attached hydrogens (tertiary/aromatic N) is 3. The van der Waals surface area contributed by atoms with Crippen molar-refractivity contribution < 1.29 is 14.6 Å². The fraction of sp³-hybridized carbons (Fsp3) is 0.424. The third kappa shape index (κ3) is 6.63. The van der Waals surface area contributed by atoms with Crippen LogP contribution in [0.25, 0.3) is 21.7 Å². The predicted octanol–water partition coefficient (Wildman–Crippen LogP) is 6.19. The summed E-state index contributed by atoms with van der Waals surface area (Å²) in [4.78, 5) is 16.9. The van der Waals surface area contributed by atoms with E-state index in [0.717, 1.165) is 43.4 Å². The van der Waals surface area contributed by atoms with Crippen LogP contribution < -0.4 is 4.74 Å². The number of aliphatic hydroxyl groups excluding tert-OH is 1. The number of piperidine rings is 1. The summed E-state index contributed by atoms with van der Waals surface area (Å²) in [6.07, 6.45) is 1.60. The molecule has 2 heterocycles. The standard InChI is InChI=1S/C33H41N3O3.ClH/c1-23(2)20-36-30-10-7-11-32(29(30)19-31(36)33(38)34(3)4)39-22-28(37)21-35-16-14-25(15-17-35)27-13-12-24-8-5-6-9-26(24)18-27;/h5-13,18-19,23,25,28,37H,14-17,20-22H2,1-4H3;1H/t28-;/m0./s1. The Morgan fingerprint density at radius 2 is 1.70 bits per heavy atom. The van der Waals surface area contributed by atoms with Crippen molar-refractivity contribution in [3.05, 3.63) is 78.0 Å². The molecule has 214 valence electrons. The summed E-state index contributed by atoms with van der Waals surface area (Å²) in [7, 11) is 3.55. The number of ether oxygens (including phenoxy) is 1. The van der Waals surface area contributed by atoms with Crippen LogP contribution in [0.5, 0.6) is 5.75 Å². The molecule has 0 spiro atoms. The molecule has 0 radical (unpaired) electrons. The summed E-state index contributed by atoms with van der Waals surface area (Å²) in [6, 6.07) is 23.2. The molecule has 1 saturated heterocycles. The topological polar surface area (TPSA) is 57.9 Å². The molecule has 1 fully saturated rings. The van der Waals surface area contributed by atoms with Gasteiger partial charge in [-0.3, -0.25) is 4.79 Å². The smallest absolute Gasteiger partial charge is 0.269 e. The van der Waals surface area contributed by atoms with Crippen molar-refractivity contribution >= 4 is 40.0 Å². The molecule has 6 nitrogen and oxygen atoms in total. The summed E-state index contributed by atoms with van der Waals surface area (Å²) in [6.45, 7) is 7.80. The maximum Gasteiger partial charge on any atom is 0.269 e. The van der Waals surface area contributed by atoms with Gasteiger partial charge >= 0.3 is 0 Å². The SMILES string of the molecule is CC(C)Cn1c(C(=O)N(C)C)cc2c(OC[C@@H](O)CN3CCC(c4ccc5ccccc5c4)CC3)cccc21.Cl. The van der Waals surface area contributed by atoms with E-state index in [1.54, 1.807) is 19.0 Å². The first-order valence-corrected chi connectivity index (χ1v) is 14.2. The third-order valence-electron chi connectivity index (χ3n) is 7.81. The Bertz CT molecular complexity index is 1440. The fourth-order valence-corrected chi connectivity index (χ4v) is 5.80. The van der Waals surface area contributed by atoms with E-state index >= 15 is 0 Å². The highest BCUT2D eigenvalue weighted by molar-refractivity contribution is 6.00. The van der Waals surface area contributed by atoms with Crippen LogP contribution in [0.15, 0.2) is 66.7 Å². The lowest BCUT2D eigenvalue weighted by Gasteiger charge is -2.33. The minimum Gasteiger partial charge on any atom is -0.490 e. The number of β-amino-alcohol motifs (C(OH)–C–C–N with tert-alkyl or cyclic N) is 1. The molecule has 0 saturated carbocycles. The van der Waals surface area contributed by atoms with Crippen molar-refractivity contribution in [3.63, 3.8) is 0 Å². The average Bonchev–Trinajstić information content (AvgIpc) is 3.29. The van der Waals surface area contributed by atoms with Crippen LogP contribution in [0.4, 0.5) is 0 Å². The van der Waals surface area contributed by atoms with E-state index in [4.69, 9.17) is 4.74 Å². The molecule has 0 aliphatic carbocycles. The molecule has 4 aromatic rings. The molecule has 5 rings (SSSR count). The van der Waals surface area contributed by atoms with E-state index in [1.807, 2.05) is 24.3 Å². The van der Waals surface area contributed by atoms with Gasteiger partial charge in [0.05, 0.1) is 5.52 Å². The predicted molar refractivity (Wildman–Crippen MR) is 166 cm³/mol. The minimum atomic E-state index is -0.585. The highest BCUT2D eigenvalue weighted by Crippen LogP contribution is 2.32. The number of likely N-dealkylation sites (tertiary alicyclic amines) is 1. The van der Waals surface area contributed by atoms with E-state index in [1.165, 1.54) is 16.3 Å². The average molecular weight is 564 g/mol. The molecular weight excluding hydrogens is 522 g/mol. The molecule has 0 unspecified atom stereocenters. The highest BCUT2D eigenvalue weighted by atomic mass is 35.5. The minimum absolute atomic E-state index is 0. The van der Waals surface area contributed by atoms with Crippen LogP contribution in [0.2, 0.25) is 0 Å². The van der Waals surface area contributed by atoms with Gasteiger partial charge < -0.3 is 24.2 Å². The van der Waals surface area contributed by atoms with Gasteiger partial charge in [-0.1, -0.05) is 62.4 Å². The Hall–Kier alpha value is -3.06. The molecular formula is C33H42ClN3O3. The number of aliphatic hydroxyl groups is 1. The number of hydrogen-bond donors (Lipinski definition) is 1. The van der Waals surface area contributed by atoms with E-state index in [0.29, 0.717) is 29.8 Å². The molecule has 1 aliphatic heterocycles. The summed E-state index contributed by atoms with van der Waals surface area (Å²) in [5, 5.41) is 14.3.